The Morgan fingerprint density at radius 2 is 2.04 bits per heavy atom. The van der Waals surface area contributed by atoms with E-state index in [1.165, 1.54) is 13.2 Å². The van der Waals surface area contributed by atoms with Crippen LogP contribution in [0.1, 0.15) is 11.1 Å². The number of methoxy groups -OCH3 is 1. The van der Waals surface area contributed by atoms with Gasteiger partial charge in [0, 0.05) is 5.56 Å². The van der Waals surface area contributed by atoms with Crippen molar-refractivity contribution >= 4 is 44.9 Å². The third kappa shape index (κ3) is 4.08. The van der Waals surface area contributed by atoms with Crippen molar-refractivity contribution < 1.29 is 23.5 Å². The summed E-state index contributed by atoms with van der Waals surface area (Å²) in [6.07, 6.45) is 1.58. The first-order valence-corrected chi connectivity index (χ1v) is 9.07. The summed E-state index contributed by atoms with van der Waals surface area (Å²) >= 11 is 4.24. The zero-order valence-corrected chi connectivity index (χ0v) is 15.9. The summed E-state index contributed by atoms with van der Waals surface area (Å²) < 4.78 is 25.4. The number of ether oxygens (including phenoxy) is 2. The van der Waals surface area contributed by atoms with E-state index in [2.05, 4.69) is 21.2 Å². The van der Waals surface area contributed by atoms with E-state index in [-0.39, 0.29) is 12.4 Å². The molecule has 2 amide bonds. The van der Waals surface area contributed by atoms with Crippen LogP contribution in [-0.4, -0.2) is 18.3 Å². The van der Waals surface area contributed by atoms with Crippen LogP contribution in [0.3, 0.4) is 0 Å². The van der Waals surface area contributed by atoms with E-state index in [4.69, 9.17) is 9.47 Å². The van der Waals surface area contributed by atoms with Gasteiger partial charge in [-0.05, 0) is 57.5 Å². The maximum atomic E-state index is 13.7. The van der Waals surface area contributed by atoms with E-state index in [0.29, 0.717) is 32.0 Å². The van der Waals surface area contributed by atoms with Gasteiger partial charge in [0.25, 0.3) is 11.1 Å². The molecule has 0 atom stereocenters. The van der Waals surface area contributed by atoms with Crippen LogP contribution in [0.25, 0.3) is 6.08 Å². The van der Waals surface area contributed by atoms with Crippen molar-refractivity contribution in [3.8, 4) is 11.5 Å². The zero-order chi connectivity index (χ0) is 18.7. The van der Waals surface area contributed by atoms with Gasteiger partial charge >= 0.3 is 0 Å². The molecular formula is C18H13BrFNO4S. The van der Waals surface area contributed by atoms with Crippen LogP contribution >= 0.6 is 27.7 Å². The molecule has 3 rings (SSSR count). The summed E-state index contributed by atoms with van der Waals surface area (Å²) in [5, 5.41) is 1.79. The molecule has 0 aromatic heterocycles. The first-order valence-electron chi connectivity index (χ1n) is 7.46. The van der Waals surface area contributed by atoms with Gasteiger partial charge in [0.05, 0.1) is 16.5 Å². The minimum atomic E-state index is -0.435. The van der Waals surface area contributed by atoms with Crippen molar-refractivity contribution in [3.63, 3.8) is 0 Å². The SMILES string of the molecule is COc1cc(/C=C2\SC(=O)NC2=O)cc(Br)c1OCc1ccccc1F. The Hall–Kier alpha value is -2.32. The fourth-order valence-electron chi connectivity index (χ4n) is 2.30. The number of imide groups is 1. The molecule has 0 bridgehead atoms. The summed E-state index contributed by atoms with van der Waals surface area (Å²) in [6.45, 7) is 0.0365. The average molecular weight is 438 g/mol. The number of benzene rings is 2. The van der Waals surface area contributed by atoms with Gasteiger partial charge in [0.1, 0.15) is 12.4 Å². The number of thioether (sulfide) groups is 1. The van der Waals surface area contributed by atoms with Gasteiger partial charge in [0.15, 0.2) is 11.5 Å². The fraction of sp³-hybridized carbons (Fsp3) is 0.111. The Balaban J connectivity index is 1.86. The van der Waals surface area contributed by atoms with Crippen LogP contribution in [0.15, 0.2) is 45.8 Å². The molecule has 26 heavy (non-hydrogen) atoms. The van der Waals surface area contributed by atoms with Crippen molar-refractivity contribution in [1.82, 2.24) is 5.32 Å². The lowest BCUT2D eigenvalue weighted by atomic mass is 10.1. The van der Waals surface area contributed by atoms with Crippen LogP contribution in [0, 0.1) is 5.82 Å². The lowest BCUT2D eigenvalue weighted by Crippen LogP contribution is -2.17. The number of nitrogens with one attached hydrogen (secondary N) is 1. The molecule has 0 aliphatic carbocycles. The Labute approximate surface area is 161 Å². The Morgan fingerprint density at radius 1 is 1.27 bits per heavy atom. The molecule has 134 valence electrons. The lowest BCUT2D eigenvalue weighted by molar-refractivity contribution is -0.115. The smallest absolute Gasteiger partial charge is 0.290 e. The fourth-order valence-corrected chi connectivity index (χ4v) is 3.56. The highest BCUT2D eigenvalue weighted by Crippen LogP contribution is 2.38. The normalized spacial score (nSPS) is 15.3. The second kappa shape index (κ2) is 7.92. The minimum absolute atomic E-state index is 0.0365. The van der Waals surface area contributed by atoms with Gasteiger partial charge in [-0.25, -0.2) is 4.39 Å². The van der Waals surface area contributed by atoms with E-state index in [1.807, 2.05) is 0 Å². The van der Waals surface area contributed by atoms with Gasteiger partial charge in [-0.3, -0.25) is 14.9 Å². The van der Waals surface area contributed by atoms with Crippen LogP contribution in [0.5, 0.6) is 11.5 Å². The molecule has 0 saturated carbocycles. The number of hydrogen-bond donors (Lipinski definition) is 1. The molecular weight excluding hydrogens is 425 g/mol. The molecule has 0 radical (unpaired) electrons. The Morgan fingerprint density at radius 3 is 2.69 bits per heavy atom. The molecule has 0 unspecified atom stereocenters. The predicted octanol–water partition coefficient (Wildman–Crippen LogP) is 4.50. The van der Waals surface area contributed by atoms with Crippen LogP contribution in [0.2, 0.25) is 0 Å². The molecule has 1 aliphatic rings. The van der Waals surface area contributed by atoms with Gasteiger partial charge in [0.2, 0.25) is 0 Å². The number of hydrogen-bond acceptors (Lipinski definition) is 5. The second-order valence-corrected chi connectivity index (χ2v) is 7.14. The third-order valence-electron chi connectivity index (χ3n) is 3.52. The largest absolute Gasteiger partial charge is 0.493 e. The van der Waals surface area contributed by atoms with Crippen LogP contribution in [0.4, 0.5) is 9.18 Å². The van der Waals surface area contributed by atoms with Gasteiger partial charge in [-0.15, -0.1) is 0 Å². The highest BCUT2D eigenvalue weighted by Gasteiger charge is 2.25. The molecule has 1 heterocycles. The van der Waals surface area contributed by atoms with Crippen LogP contribution in [-0.2, 0) is 11.4 Å². The topological polar surface area (TPSA) is 64.6 Å². The van der Waals surface area contributed by atoms with E-state index in [9.17, 15) is 14.0 Å². The average Bonchev–Trinajstić information content (AvgIpc) is 2.92. The maximum absolute atomic E-state index is 13.7. The van der Waals surface area contributed by atoms with E-state index < -0.39 is 11.1 Å². The first kappa shape index (κ1) is 18.5. The summed E-state index contributed by atoms with van der Waals surface area (Å²) in [4.78, 5) is 23.2. The summed E-state index contributed by atoms with van der Waals surface area (Å²) in [5.41, 5.74) is 1.07. The number of rotatable bonds is 5. The van der Waals surface area contributed by atoms with Crippen molar-refractivity contribution in [3.05, 3.63) is 62.7 Å². The molecule has 1 aliphatic heterocycles. The molecule has 2 aromatic rings. The number of carbonyl (C=O) groups is 2. The molecule has 1 saturated heterocycles. The van der Waals surface area contributed by atoms with E-state index >= 15 is 0 Å². The molecule has 0 spiro atoms. The highest BCUT2D eigenvalue weighted by molar-refractivity contribution is 9.10. The molecule has 2 aromatic carbocycles. The van der Waals surface area contributed by atoms with E-state index in [1.54, 1.807) is 36.4 Å². The summed E-state index contributed by atoms with van der Waals surface area (Å²) in [5.74, 6) is 0.0441. The number of halogens is 2. The Bertz CT molecular complexity index is 916. The number of carbonyl (C=O) groups excluding carboxylic acids is 2. The zero-order valence-electron chi connectivity index (χ0n) is 13.5. The summed E-state index contributed by atoms with van der Waals surface area (Å²) in [7, 11) is 1.48. The van der Waals surface area contributed by atoms with Gasteiger partial charge in [-0.2, -0.15) is 0 Å². The maximum Gasteiger partial charge on any atom is 0.290 e. The molecule has 5 nitrogen and oxygen atoms in total. The molecule has 8 heteroatoms. The van der Waals surface area contributed by atoms with Crippen molar-refractivity contribution in [2.45, 2.75) is 6.61 Å². The lowest BCUT2D eigenvalue weighted by Gasteiger charge is -2.14. The predicted molar refractivity (Wildman–Crippen MR) is 101 cm³/mol. The molecule has 1 fully saturated rings. The number of amides is 2. The van der Waals surface area contributed by atoms with Crippen LogP contribution < -0.4 is 14.8 Å². The van der Waals surface area contributed by atoms with Crippen molar-refractivity contribution in [1.29, 1.82) is 0 Å². The molecule has 1 N–H and O–H groups in total. The highest BCUT2D eigenvalue weighted by atomic mass is 79.9. The first-order chi connectivity index (χ1) is 12.5. The van der Waals surface area contributed by atoms with E-state index in [0.717, 1.165) is 11.8 Å². The van der Waals surface area contributed by atoms with Crippen molar-refractivity contribution in [2.24, 2.45) is 0 Å². The summed E-state index contributed by atoms with van der Waals surface area (Å²) in [6, 6.07) is 9.75. The minimum Gasteiger partial charge on any atom is -0.493 e. The van der Waals surface area contributed by atoms with Gasteiger partial charge in [-0.1, -0.05) is 18.2 Å². The second-order valence-electron chi connectivity index (χ2n) is 5.27. The van der Waals surface area contributed by atoms with Crippen molar-refractivity contribution in [2.75, 3.05) is 7.11 Å². The monoisotopic (exact) mass is 437 g/mol. The standard InChI is InChI=1S/C18H13BrFNO4S/c1-24-14-7-10(8-15-17(22)21-18(23)26-15)6-12(19)16(14)25-9-11-4-2-3-5-13(11)20/h2-8H,9H2,1H3,(H,21,22,23)/b15-8-. The Kier molecular flexibility index (Phi) is 5.63. The van der Waals surface area contributed by atoms with Gasteiger partial charge < -0.3 is 9.47 Å². The third-order valence-corrected chi connectivity index (χ3v) is 4.92. The quantitative estimate of drug-likeness (QED) is 0.697.